The van der Waals surface area contributed by atoms with Crippen LogP contribution in [0.3, 0.4) is 0 Å². The van der Waals surface area contributed by atoms with E-state index in [4.69, 9.17) is 0 Å². The van der Waals surface area contributed by atoms with Gasteiger partial charge in [0.15, 0.2) is 16.5 Å². The summed E-state index contributed by atoms with van der Waals surface area (Å²) in [5, 5.41) is 17.0. The van der Waals surface area contributed by atoms with Crippen LogP contribution in [-0.2, 0) is 4.79 Å². The molecule has 1 amide bonds. The Balaban J connectivity index is 1.75. The summed E-state index contributed by atoms with van der Waals surface area (Å²) in [4.78, 5) is 28.5. The number of anilines is 1. The van der Waals surface area contributed by atoms with Crippen LogP contribution in [-0.4, -0.2) is 31.7 Å². The van der Waals surface area contributed by atoms with E-state index in [0.717, 1.165) is 53.8 Å². The van der Waals surface area contributed by atoms with Gasteiger partial charge in [0.05, 0.1) is 5.69 Å². The Labute approximate surface area is 160 Å². The lowest BCUT2D eigenvalue weighted by Crippen LogP contribution is -2.20. The second-order valence-electron chi connectivity index (χ2n) is 6.98. The lowest BCUT2D eigenvalue weighted by atomic mass is 10.1. The fourth-order valence-electron chi connectivity index (χ4n) is 3.43. The van der Waals surface area contributed by atoms with Crippen LogP contribution in [0.15, 0.2) is 18.2 Å². The zero-order valence-electron chi connectivity index (χ0n) is 15.2. The molecule has 7 nitrogen and oxygen atoms in total. The maximum atomic E-state index is 12.4. The number of nitrogens with zero attached hydrogens (tertiary/aromatic N) is 3. The number of amides is 1. The largest absolute Gasteiger partial charge is 0.476 e. The summed E-state index contributed by atoms with van der Waals surface area (Å²) >= 11 is 1.15. The highest BCUT2D eigenvalue weighted by Crippen LogP contribution is 2.32. The highest BCUT2D eigenvalue weighted by atomic mass is 32.1. The van der Waals surface area contributed by atoms with Gasteiger partial charge in [0.25, 0.3) is 0 Å². The van der Waals surface area contributed by atoms with E-state index in [9.17, 15) is 14.7 Å². The number of carboxylic acid groups (broad SMARTS) is 1. The fourth-order valence-corrected chi connectivity index (χ4v) is 4.35. The first-order valence-electron chi connectivity index (χ1n) is 8.95. The lowest BCUT2D eigenvalue weighted by Gasteiger charge is -2.07. The molecule has 8 heteroatoms. The SMILES string of the molecule is Cc1ccc(-n2nc(C(=O)O)c3sc(NC(=O)C4CCCC4)nc32)cc1C. The molecule has 0 unspecified atom stereocenters. The second-order valence-corrected chi connectivity index (χ2v) is 7.98. The Morgan fingerprint density at radius 2 is 1.96 bits per heavy atom. The average molecular weight is 384 g/mol. The van der Waals surface area contributed by atoms with Gasteiger partial charge in [0.1, 0.15) is 4.70 Å². The quantitative estimate of drug-likeness (QED) is 0.710. The number of rotatable bonds is 4. The maximum absolute atomic E-state index is 12.4. The van der Waals surface area contributed by atoms with Crippen LogP contribution in [0.1, 0.15) is 47.3 Å². The third-order valence-corrected chi connectivity index (χ3v) is 6.09. The standard InChI is InChI=1S/C19H20N4O3S/c1-10-7-8-13(9-11(10)2)23-16-15(14(22-23)18(25)26)27-19(20-16)21-17(24)12-5-3-4-6-12/h7-9,12H,3-6H2,1-2H3,(H,25,26)(H,20,21,24). The second kappa shape index (κ2) is 6.77. The van der Waals surface area contributed by atoms with E-state index in [1.54, 1.807) is 0 Å². The highest BCUT2D eigenvalue weighted by molar-refractivity contribution is 7.22. The zero-order valence-corrected chi connectivity index (χ0v) is 16.0. The summed E-state index contributed by atoms with van der Waals surface area (Å²) in [5.74, 6) is -1.13. The molecular weight excluding hydrogens is 364 g/mol. The van der Waals surface area contributed by atoms with Gasteiger partial charge in [-0.3, -0.25) is 4.79 Å². The van der Waals surface area contributed by atoms with Gasteiger partial charge in [0.2, 0.25) is 5.91 Å². The molecule has 4 rings (SSSR count). The van der Waals surface area contributed by atoms with E-state index in [1.165, 1.54) is 4.68 Å². The van der Waals surface area contributed by atoms with Crippen LogP contribution >= 0.6 is 11.3 Å². The van der Waals surface area contributed by atoms with E-state index in [0.29, 0.717) is 15.5 Å². The van der Waals surface area contributed by atoms with Gasteiger partial charge in [-0.25, -0.2) is 9.48 Å². The fraction of sp³-hybridized carbons (Fsp3) is 0.368. The van der Waals surface area contributed by atoms with Crippen molar-refractivity contribution < 1.29 is 14.7 Å². The topological polar surface area (TPSA) is 97.1 Å². The van der Waals surface area contributed by atoms with E-state index < -0.39 is 5.97 Å². The van der Waals surface area contributed by atoms with Gasteiger partial charge in [0, 0.05) is 5.92 Å². The molecule has 1 aromatic carbocycles. The Morgan fingerprint density at radius 3 is 2.63 bits per heavy atom. The summed E-state index contributed by atoms with van der Waals surface area (Å²) in [6, 6.07) is 5.80. The van der Waals surface area contributed by atoms with Crippen molar-refractivity contribution in [1.29, 1.82) is 0 Å². The molecular formula is C19H20N4O3S. The number of aromatic carboxylic acids is 1. The zero-order chi connectivity index (χ0) is 19.1. The molecule has 0 radical (unpaired) electrons. The number of fused-ring (bicyclic) bond motifs is 1. The molecule has 2 heterocycles. The predicted octanol–water partition coefficient (Wildman–Crippen LogP) is 3.93. The molecule has 2 N–H and O–H groups in total. The minimum atomic E-state index is -1.11. The number of hydrogen-bond acceptors (Lipinski definition) is 5. The number of thiazole rings is 1. The molecule has 1 fully saturated rings. The first kappa shape index (κ1) is 17.7. The minimum Gasteiger partial charge on any atom is -0.476 e. The van der Waals surface area contributed by atoms with Crippen molar-refractivity contribution in [2.45, 2.75) is 39.5 Å². The summed E-state index contributed by atoms with van der Waals surface area (Å²) in [7, 11) is 0. The van der Waals surface area contributed by atoms with E-state index in [-0.39, 0.29) is 17.5 Å². The first-order valence-corrected chi connectivity index (χ1v) is 9.77. The lowest BCUT2D eigenvalue weighted by molar-refractivity contribution is -0.119. The Kier molecular flexibility index (Phi) is 4.43. The van der Waals surface area contributed by atoms with E-state index >= 15 is 0 Å². The Hall–Kier alpha value is -2.74. The minimum absolute atomic E-state index is 0.0206. The maximum Gasteiger partial charge on any atom is 0.358 e. The normalized spacial score (nSPS) is 14.7. The monoisotopic (exact) mass is 384 g/mol. The van der Waals surface area contributed by atoms with Crippen LogP contribution in [0.2, 0.25) is 0 Å². The summed E-state index contributed by atoms with van der Waals surface area (Å²) in [5.41, 5.74) is 3.36. The molecule has 1 aliphatic carbocycles. The Morgan fingerprint density at radius 1 is 1.22 bits per heavy atom. The van der Waals surface area contributed by atoms with Crippen molar-refractivity contribution in [2.75, 3.05) is 5.32 Å². The van der Waals surface area contributed by atoms with Crippen LogP contribution in [0, 0.1) is 19.8 Å². The number of aryl methyl sites for hydroxylation is 2. The van der Waals surface area contributed by atoms with Crippen molar-refractivity contribution in [3.8, 4) is 5.69 Å². The van der Waals surface area contributed by atoms with Crippen molar-refractivity contribution in [2.24, 2.45) is 5.92 Å². The molecule has 2 aromatic heterocycles. The molecule has 0 bridgehead atoms. The van der Waals surface area contributed by atoms with Gasteiger partial charge in [-0.1, -0.05) is 30.2 Å². The van der Waals surface area contributed by atoms with Crippen LogP contribution in [0.4, 0.5) is 5.13 Å². The number of carboxylic acids is 1. The van der Waals surface area contributed by atoms with Gasteiger partial charge < -0.3 is 10.4 Å². The predicted molar refractivity (Wildman–Crippen MR) is 104 cm³/mol. The smallest absolute Gasteiger partial charge is 0.358 e. The van der Waals surface area contributed by atoms with E-state index in [1.807, 2.05) is 32.0 Å². The first-order chi connectivity index (χ1) is 12.9. The van der Waals surface area contributed by atoms with Gasteiger partial charge in [-0.05, 0) is 49.9 Å². The van der Waals surface area contributed by atoms with Crippen LogP contribution in [0.5, 0.6) is 0 Å². The summed E-state index contributed by atoms with van der Waals surface area (Å²) in [6.07, 6.45) is 3.94. The number of nitrogens with one attached hydrogen (secondary N) is 1. The van der Waals surface area contributed by atoms with Crippen molar-refractivity contribution in [3.05, 3.63) is 35.0 Å². The van der Waals surface area contributed by atoms with Gasteiger partial charge in [-0.2, -0.15) is 10.1 Å². The number of aromatic nitrogens is 3. The van der Waals surface area contributed by atoms with Crippen LogP contribution in [0.25, 0.3) is 16.0 Å². The van der Waals surface area contributed by atoms with Crippen molar-refractivity contribution in [3.63, 3.8) is 0 Å². The van der Waals surface area contributed by atoms with Crippen molar-refractivity contribution >= 4 is 38.7 Å². The number of benzene rings is 1. The third-order valence-electron chi connectivity index (χ3n) is 5.12. The number of carbonyl (C=O) groups is 2. The molecule has 1 aliphatic rings. The molecule has 27 heavy (non-hydrogen) atoms. The number of hydrogen-bond donors (Lipinski definition) is 2. The van der Waals surface area contributed by atoms with Crippen molar-refractivity contribution in [1.82, 2.24) is 14.8 Å². The van der Waals surface area contributed by atoms with E-state index in [2.05, 4.69) is 15.4 Å². The van der Waals surface area contributed by atoms with Gasteiger partial charge in [-0.15, -0.1) is 0 Å². The highest BCUT2D eigenvalue weighted by Gasteiger charge is 2.26. The van der Waals surface area contributed by atoms with Gasteiger partial charge >= 0.3 is 5.97 Å². The average Bonchev–Trinajstić information content (AvgIpc) is 3.33. The summed E-state index contributed by atoms with van der Waals surface area (Å²) in [6.45, 7) is 4.01. The molecule has 0 aliphatic heterocycles. The molecule has 0 saturated heterocycles. The summed E-state index contributed by atoms with van der Waals surface area (Å²) < 4.78 is 2.00. The third kappa shape index (κ3) is 3.21. The molecule has 1 saturated carbocycles. The number of carbonyl (C=O) groups excluding carboxylic acids is 1. The molecule has 3 aromatic rings. The molecule has 140 valence electrons. The molecule has 0 atom stereocenters. The molecule has 0 spiro atoms. The van der Waals surface area contributed by atoms with Crippen LogP contribution < -0.4 is 5.32 Å². The Bertz CT molecular complexity index is 1050.